The second kappa shape index (κ2) is 10.3. The molecule has 2 aliphatic rings. The van der Waals surface area contributed by atoms with Crippen molar-refractivity contribution in [3.63, 3.8) is 0 Å². The molecule has 0 unspecified atom stereocenters. The molecule has 3 rings (SSSR count). The second-order valence-electron chi connectivity index (χ2n) is 7.46. The van der Waals surface area contributed by atoms with Crippen LogP contribution >= 0.6 is 0 Å². The first-order valence-corrected chi connectivity index (χ1v) is 10.7. The standard InChI is InChI=1S/C22H32N4O3/c1-3-23-22(25-14-11-18(12-15-25)21(28)29-4-2)24-16-20(27)26-13-7-9-17-8-5-6-10-19(17)26/h5-6,8,10,18H,3-4,7,9,11-16H2,1-2H3,(H,23,24). The maximum atomic E-state index is 12.9. The number of likely N-dealkylation sites (tertiary alicyclic amines) is 1. The summed E-state index contributed by atoms with van der Waals surface area (Å²) in [4.78, 5) is 33.4. The Balaban J connectivity index is 1.61. The SMILES string of the molecule is CCNC(=NCC(=O)N1CCCc2ccccc21)N1CCC(C(=O)OCC)CC1. The number of aliphatic imine (C=N–C) groups is 1. The minimum absolute atomic E-state index is 0.0222. The van der Waals surface area contributed by atoms with Crippen molar-refractivity contribution in [3.8, 4) is 0 Å². The summed E-state index contributed by atoms with van der Waals surface area (Å²) in [7, 11) is 0. The Morgan fingerprint density at radius 2 is 1.93 bits per heavy atom. The summed E-state index contributed by atoms with van der Waals surface area (Å²) in [6.45, 7) is 7.33. The number of piperidine rings is 1. The molecule has 1 fully saturated rings. The minimum Gasteiger partial charge on any atom is -0.466 e. The number of nitrogens with zero attached hydrogens (tertiary/aromatic N) is 3. The summed E-state index contributed by atoms with van der Waals surface area (Å²) >= 11 is 0. The van der Waals surface area contributed by atoms with Gasteiger partial charge in [-0.2, -0.15) is 0 Å². The number of carbonyl (C=O) groups excluding carboxylic acids is 2. The van der Waals surface area contributed by atoms with E-state index in [0.29, 0.717) is 6.61 Å². The van der Waals surface area contributed by atoms with Gasteiger partial charge in [0.1, 0.15) is 6.54 Å². The van der Waals surface area contributed by atoms with E-state index < -0.39 is 0 Å². The number of benzene rings is 1. The third-order valence-corrected chi connectivity index (χ3v) is 5.52. The van der Waals surface area contributed by atoms with Crippen LogP contribution in [-0.4, -0.2) is 62.1 Å². The van der Waals surface area contributed by atoms with Crippen LogP contribution in [0.25, 0.3) is 0 Å². The van der Waals surface area contributed by atoms with Crippen molar-refractivity contribution in [1.29, 1.82) is 0 Å². The normalized spacial score (nSPS) is 17.7. The number of aryl methyl sites for hydroxylation is 1. The van der Waals surface area contributed by atoms with E-state index in [1.807, 2.05) is 36.9 Å². The average Bonchev–Trinajstić information content (AvgIpc) is 2.76. The van der Waals surface area contributed by atoms with E-state index in [-0.39, 0.29) is 24.3 Å². The zero-order chi connectivity index (χ0) is 20.6. The van der Waals surface area contributed by atoms with Crippen LogP contribution in [0.2, 0.25) is 0 Å². The van der Waals surface area contributed by atoms with Crippen molar-refractivity contribution in [2.45, 2.75) is 39.5 Å². The van der Waals surface area contributed by atoms with E-state index >= 15 is 0 Å². The molecule has 0 aliphatic carbocycles. The number of anilines is 1. The largest absolute Gasteiger partial charge is 0.466 e. The Bertz CT molecular complexity index is 741. The van der Waals surface area contributed by atoms with Gasteiger partial charge in [0.25, 0.3) is 0 Å². The van der Waals surface area contributed by atoms with E-state index in [2.05, 4.69) is 21.3 Å². The average molecular weight is 401 g/mol. The fourth-order valence-electron chi connectivity index (χ4n) is 4.03. The minimum atomic E-state index is -0.104. The van der Waals surface area contributed by atoms with E-state index in [9.17, 15) is 9.59 Å². The molecular formula is C22H32N4O3. The highest BCUT2D eigenvalue weighted by Gasteiger charge is 2.28. The van der Waals surface area contributed by atoms with Crippen LogP contribution in [-0.2, 0) is 20.7 Å². The fourth-order valence-corrected chi connectivity index (χ4v) is 4.03. The summed E-state index contributed by atoms with van der Waals surface area (Å²) in [6, 6.07) is 8.11. The predicted molar refractivity (Wildman–Crippen MR) is 114 cm³/mol. The lowest BCUT2D eigenvalue weighted by atomic mass is 9.97. The molecule has 29 heavy (non-hydrogen) atoms. The summed E-state index contributed by atoms with van der Waals surface area (Å²) in [5, 5.41) is 3.29. The van der Waals surface area contributed by atoms with Crippen LogP contribution in [0.5, 0.6) is 0 Å². The van der Waals surface area contributed by atoms with Gasteiger partial charge in [0.05, 0.1) is 12.5 Å². The molecule has 1 aromatic carbocycles. The molecule has 2 aliphatic heterocycles. The van der Waals surface area contributed by atoms with Gasteiger partial charge in [-0.05, 0) is 51.2 Å². The first kappa shape index (κ1) is 21.1. The number of fused-ring (bicyclic) bond motifs is 1. The Labute approximate surface area is 173 Å². The number of para-hydroxylation sites is 1. The van der Waals surface area contributed by atoms with Gasteiger partial charge in [0.2, 0.25) is 5.91 Å². The van der Waals surface area contributed by atoms with Crippen molar-refractivity contribution in [2.24, 2.45) is 10.9 Å². The molecule has 0 radical (unpaired) electrons. The van der Waals surface area contributed by atoms with Gasteiger partial charge in [0.15, 0.2) is 5.96 Å². The van der Waals surface area contributed by atoms with Crippen molar-refractivity contribution in [2.75, 3.05) is 44.2 Å². The van der Waals surface area contributed by atoms with Crippen LogP contribution in [0.4, 0.5) is 5.69 Å². The molecule has 1 saturated heterocycles. The monoisotopic (exact) mass is 400 g/mol. The zero-order valence-electron chi connectivity index (χ0n) is 17.5. The molecule has 1 N–H and O–H groups in total. The molecule has 7 heteroatoms. The van der Waals surface area contributed by atoms with Crippen LogP contribution in [0.3, 0.4) is 0 Å². The Hall–Kier alpha value is -2.57. The number of ether oxygens (including phenoxy) is 1. The third-order valence-electron chi connectivity index (χ3n) is 5.52. The maximum absolute atomic E-state index is 12.9. The van der Waals surface area contributed by atoms with Gasteiger partial charge in [-0.15, -0.1) is 0 Å². The summed E-state index contributed by atoms with van der Waals surface area (Å²) in [5.41, 5.74) is 2.24. The topological polar surface area (TPSA) is 74.2 Å². The van der Waals surface area contributed by atoms with Gasteiger partial charge < -0.3 is 19.9 Å². The quantitative estimate of drug-likeness (QED) is 0.466. The van der Waals surface area contributed by atoms with Crippen LogP contribution in [0, 0.1) is 5.92 Å². The lowest BCUT2D eigenvalue weighted by Gasteiger charge is -2.33. The molecule has 2 heterocycles. The highest BCUT2D eigenvalue weighted by molar-refractivity contribution is 5.97. The van der Waals surface area contributed by atoms with Gasteiger partial charge in [0, 0.05) is 31.9 Å². The van der Waals surface area contributed by atoms with Gasteiger partial charge in [-0.3, -0.25) is 9.59 Å². The first-order chi connectivity index (χ1) is 14.1. The van der Waals surface area contributed by atoms with Gasteiger partial charge in [-0.25, -0.2) is 4.99 Å². The number of rotatable bonds is 5. The van der Waals surface area contributed by atoms with Crippen LogP contribution in [0.15, 0.2) is 29.3 Å². The van der Waals surface area contributed by atoms with Gasteiger partial charge in [-0.1, -0.05) is 18.2 Å². The molecule has 0 atom stereocenters. The lowest BCUT2D eigenvalue weighted by molar-refractivity contribution is -0.149. The van der Waals surface area contributed by atoms with E-state index in [1.54, 1.807) is 0 Å². The molecule has 0 aromatic heterocycles. The predicted octanol–water partition coefficient (Wildman–Crippen LogP) is 2.21. The van der Waals surface area contributed by atoms with E-state index in [0.717, 1.165) is 63.5 Å². The van der Waals surface area contributed by atoms with Crippen LogP contribution < -0.4 is 10.2 Å². The number of esters is 1. The zero-order valence-corrected chi connectivity index (χ0v) is 17.5. The third kappa shape index (κ3) is 5.28. The summed E-state index contributed by atoms with van der Waals surface area (Å²) in [5.74, 6) is 0.621. The summed E-state index contributed by atoms with van der Waals surface area (Å²) < 4.78 is 5.15. The number of carbonyl (C=O) groups is 2. The maximum Gasteiger partial charge on any atom is 0.309 e. The number of guanidine groups is 1. The number of hydrogen-bond acceptors (Lipinski definition) is 4. The molecular weight excluding hydrogens is 368 g/mol. The molecule has 7 nitrogen and oxygen atoms in total. The smallest absolute Gasteiger partial charge is 0.309 e. The Morgan fingerprint density at radius 3 is 2.66 bits per heavy atom. The number of hydrogen-bond donors (Lipinski definition) is 1. The summed E-state index contributed by atoms with van der Waals surface area (Å²) in [6.07, 6.45) is 3.49. The van der Waals surface area contributed by atoms with Crippen molar-refractivity contribution in [1.82, 2.24) is 10.2 Å². The van der Waals surface area contributed by atoms with Crippen LogP contribution in [0.1, 0.15) is 38.7 Å². The van der Waals surface area contributed by atoms with E-state index in [1.165, 1.54) is 5.56 Å². The van der Waals surface area contributed by atoms with Crippen molar-refractivity contribution >= 4 is 23.5 Å². The van der Waals surface area contributed by atoms with Crippen molar-refractivity contribution in [3.05, 3.63) is 29.8 Å². The second-order valence-corrected chi connectivity index (χ2v) is 7.46. The number of nitrogens with one attached hydrogen (secondary N) is 1. The fraction of sp³-hybridized carbons (Fsp3) is 0.591. The Morgan fingerprint density at radius 1 is 1.17 bits per heavy atom. The highest BCUT2D eigenvalue weighted by Crippen LogP contribution is 2.26. The molecule has 158 valence electrons. The molecule has 1 aromatic rings. The highest BCUT2D eigenvalue weighted by atomic mass is 16.5. The Kier molecular flexibility index (Phi) is 7.49. The molecule has 0 saturated carbocycles. The number of amides is 1. The van der Waals surface area contributed by atoms with E-state index in [4.69, 9.17) is 4.74 Å². The first-order valence-electron chi connectivity index (χ1n) is 10.7. The van der Waals surface area contributed by atoms with Gasteiger partial charge >= 0.3 is 5.97 Å². The molecule has 0 bridgehead atoms. The lowest BCUT2D eigenvalue weighted by Crippen LogP contribution is -2.47. The van der Waals surface area contributed by atoms with Crippen molar-refractivity contribution < 1.29 is 14.3 Å². The molecule has 1 amide bonds. The molecule has 0 spiro atoms.